The number of nitrogens with one attached hydrogen (secondary N) is 1. The van der Waals surface area contributed by atoms with Gasteiger partial charge in [0, 0.05) is 18.6 Å². The molecule has 0 aromatic rings. The van der Waals surface area contributed by atoms with E-state index in [1.165, 1.54) is 6.92 Å². The number of carbonyl (C=O) groups excluding carboxylic acids is 1. The summed E-state index contributed by atoms with van der Waals surface area (Å²) < 4.78 is 0. The van der Waals surface area contributed by atoms with Crippen LogP contribution in [-0.4, -0.2) is 34.7 Å². The van der Waals surface area contributed by atoms with Gasteiger partial charge in [-0.3, -0.25) is 9.59 Å². The van der Waals surface area contributed by atoms with E-state index in [9.17, 15) is 9.59 Å². The Morgan fingerprint density at radius 3 is 2.67 bits per heavy atom. The molecule has 0 aliphatic heterocycles. The Morgan fingerprint density at radius 2 is 2.13 bits per heavy atom. The fourth-order valence-corrected chi connectivity index (χ4v) is 1.87. The highest BCUT2D eigenvalue weighted by molar-refractivity contribution is 5.96. The molecule has 1 saturated carbocycles. The summed E-state index contributed by atoms with van der Waals surface area (Å²) >= 11 is 0. The summed E-state index contributed by atoms with van der Waals surface area (Å²) in [6.45, 7) is 1.41. The van der Waals surface area contributed by atoms with Crippen LogP contribution in [0.25, 0.3) is 0 Å². The molecule has 0 bridgehead atoms. The quantitative estimate of drug-likeness (QED) is 0.575. The molecule has 5 heteroatoms. The van der Waals surface area contributed by atoms with E-state index in [-0.39, 0.29) is 18.6 Å². The van der Waals surface area contributed by atoms with E-state index in [0.29, 0.717) is 0 Å². The molecule has 0 spiro atoms. The minimum atomic E-state index is -1.12. The number of amides is 1. The van der Waals surface area contributed by atoms with Crippen molar-refractivity contribution in [2.75, 3.05) is 6.61 Å². The summed E-state index contributed by atoms with van der Waals surface area (Å²) in [5.41, 5.74) is 0. The summed E-state index contributed by atoms with van der Waals surface area (Å²) in [7, 11) is 0. The fourth-order valence-electron chi connectivity index (χ4n) is 1.87. The molecule has 86 valence electrons. The topological polar surface area (TPSA) is 86.6 Å². The van der Waals surface area contributed by atoms with Crippen molar-refractivity contribution >= 4 is 11.9 Å². The molecule has 1 rings (SSSR count). The monoisotopic (exact) mass is 215 g/mol. The lowest BCUT2D eigenvalue weighted by Crippen LogP contribution is -2.43. The van der Waals surface area contributed by atoms with Gasteiger partial charge in [-0.1, -0.05) is 6.42 Å². The van der Waals surface area contributed by atoms with E-state index in [4.69, 9.17) is 10.2 Å². The van der Waals surface area contributed by atoms with Crippen LogP contribution in [0.2, 0.25) is 0 Å². The molecule has 15 heavy (non-hydrogen) atoms. The second kappa shape index (κ2) is 5.11. The number of rotatable bonds is 4. The van der Waals surface area contributed by atoms with E-state index in [1.54, 1.807) is 0 Å². The Hall–Kier alpha value is -1.10. The van der Waals surface area contributed by atoms with Crippen molar-refractivity contribution in [1.82, 2.24) is 5.32 Å². The molecular weight excluding hydrogens is 198 g/mol. The molecule has 0 aromatic heterocycles. The average Bonchev–Trinajstić information content (AvgIpc) is 2.63. The first-order valence-electron chi connectivity index (χ1n) is 5.20. The molecule has 5 nitrogen and oxygen atoms in total. The maximum atomic E-state index is 11.4. The lowest BCUT2D eigenvalue weighted by molar-refractivity contribution is -0.146. The van der Waals surface area contributed by atoms with E-state index >= 15 is 0 Å². The SMILES string of the molecule is CC(C(=O)O)C(=O)NC1CCCC1CO. The zero-order chi connectivity index (χ0) is 11.4. The molecule has 1 aliphatic rings. The van der Waals surface area contributed by atoms with Crippen LogP contribution in [-0.2, 0) is 9.59 Å². The number of aliphatic carboxylic acids is 1. The van der Waals surface area contributed by atoms with E-state index in [0.717, 1.165) is 19.3 Å². The number of carboxylic acid groups (broad SMARTS) is 1. The van der Waals surface area contributed by atoms with Gasteiger partial charge < -0.3 is 15.5 Å². The number of aliphatic hydroxyl groups is 1. The summed E-state index contributed by atoms with van der Waals surface area (Å²) in [5, 5.41) is 20.3. The molecule has 1 fully saturated rings. The zero-order valence-electron chi connectivity index (χ0n) is 8.77. The highest BCUT2D eigenvalue weighted by Crippen LogP contribution is 2.25. The summed E-state index contributed by atoms with van der Waals surface area (Å²) in [6.07, 6.45) is 2.68. The normalized spacial score (nSPS) is 27.3. The summed E-state index contributed by atoms with van der Waals surface area (Å²) in [5.74, 6) is -2.53. The number of hydrogen-bond donors (Lipinski definition) is 3. The van der Waals surface area contributed by atoms with Gasteiger partial charge in [0.05, 0.1) is 0 Å². The smallest absolute Gasteiger partial charge is 0.315 e. The van der Waals surface area contributed by atoms with Crippen molar-refractivity contribution in [1.29, 1.82) is 0 Å². The highest BCUT2D eigenvalue weighted by atomic mass is 16.4. The Balaban J connectivity index is 2.47. The van der Waals surface area contributed by atoms with E-state index in [2.05, 4.69) is 5.32 Å². The lowest BCUT2D eigenvalue weighted by Gasteiger charge is -2.20. The molecule has 0 radical (unpaired) electrons. The van der Waals surface area contributed by atoms with Crippen molar-refractivity contribution < 1.29 is 19.8 Å². The van der Waals surface area contributed by atoms with Gasteiger partial charge >= 0.3 is 5.97 Å². The van der Waals surface area contributed by atoms with E-state index in [1.807, 2.05) is 0 Å². The van der Waals surface area contributed by atoms with Crippen LogP contribution >= 0.6 is 0 Å². The predicted molar refractivity (Wildman–Crippen MR) is 53.2 cm³/mol. The van der Waals surface area contributed by atoms with Crippen molar-refractivity contribution in [2.24, 2.45) is 11.8 Å². The highest BCUT2D eigenvalue weighted by Gasteiger charge is 2.30. The molecule has 0 heterocycles. The molecule has 1 aliphatic carbocycles. The third-order valence-electron chi connectivity index (χ3n) is 2.98. The van der Waals surface area contributed by atoms with Crippen molar-refractivity contribution in [3.05, 3.63) is 0 Å². The second-order valence-electron chi connectivity index (χ2n) is 4.05. The minimum absolute atomic E-state index is 0.0480. The van der Waals surface area contributed by atoms with Crippen molar-refractivity contribution in [3.8, 4) is 0 Å². The van der Waals surface area contributed by atoms with Gasteiger partial charge in [-0.15, -0.1) is 0 Å². The predicted octanol–water partition coefficient (Wildman–Crippen LogP) is -0.0157. The van der Waals surface area contributed by atoms with Gasteiger partial charge in [0.15, 0.2) is 0 Å². The van der Waals surface area contributed by atoms with Gasteiger partial charge in [0.25, 0.3) is 0 Å². The van der Waals surface area contributed by atoms with Crippen LogP contribution < -0.4 is 5.32 Å². The molecule has 3 N–H and O–H groups in total. The van der Waals surface area contributed by atoms with Gasteiger partial charge in [-0.2, -0.15) is 0 Å². The van der Waals surface area contributed by atoms with E-state index < -0.39 is 17.8 Å². The van der Waals surface area contributed by atoms with Crippen molar-refractivity contribution in [3.63, 3.8) is 0 Å². The van der Waals surface area contributed by atoms with Crippen LogP contribution in [0.4, 0.5) is 0 Å². The Bertz CT molecular complexity index is 254. The minimum Gasteiger partial charge on any atom is -0.481 e. The number of aliphatic hydroxyl groups excluding tert-OH is 1. The van der Waals surface area contributed by atoms with Gasteiger partial charge in [-0.25, -0.2) is 0 Å². The standard InChI is InChI=1S/C10H17NO4/c1-6(10(14)15)9(13)11-8-4-2-3-7(8)5-12/h6-8,12H,2-5H2,1H3,(H,11,13)(H,14,15). The summed E-state index contributed by atoms with van der Waals surface area (Å²) in [6, 6.07) is -0.0655. The van der Waals surface area contributed by atoms with Crippen LogP contribution in [0, 0.1) is 11.8 Å². The molecule has 0 saturated heterocycles. The lowest BCUT2D eigenvalue weighted by atomic mass is 10.0. The van der Waals surface area contributed by atoms with Crippen LogP contribution in [0.5, 0.6) is 0 Å². The van der Waals surface area contributed by atoms with Crippen LogP contribution in [0.1, 0.15) is 26.2 Å². The Morgan fingerprint density at radius 1 is 1.47 bits per heavy atom. The molecule has 3 atom stereocenters. The molecular formula is C10H17NO4. The maximum absolute atomic E-state index is 11.4. The van der Waals surface area contributed by atoms with Crippen molar-refractivity contribution in [2.45, 2.75) is 32.2 Å². The largest absolute Gasteiger partial charge is 0.481 e. The number of carbonyl (C=O) groups is 2. The summed E-state index contributed by atoms with van der Waals surface area (Å²) in [4.78, 5) is 22.0. The Kier molecular flexibility index (Phi) is 4.08. The number of carboxylic acids is 1. The molecule has 3 unspecified atom stereocenters. The second-order valence-corrected chi connectivity index (χ2v) is 4.05. The third kappa shape index (κ3) is 2.92. The maximum Gasteiger partial charge on any atom is 0.315 e. The van der Waals surface area contributed by atoms with Gasteiger partial charge in [0.2, 0.25) is 5.91 Å². The zero-order valence-corrected chi connectivity index (χ0v) is 8.77. The van der Waals surface area contributed by atoms with Gasteiger partial charge in [0.1, 0.15) is 5.92 Å². The number of hydrogen-bond acceptors (Lipinski definition) is 3. The fraction of sp³-hybridized carbons (Fsp3) is 0.800. The van der Waals surface area contributed by atoms with Crippen LogP contribution in [0.15, 0.2) is 0 Å². The molecule has 0 aromatic carbocycles. The van der Waals surface area contributed by atoms with Gasteiger partial charge in [-0.05, 0) is 19.8 Å². The average molecular weight is 215 g/mol. The first-order chi connectivity index (χ1) is 7.06. The Labute approximate surface area is 88.5 Å². The first kappa shape index (κ1) is 12.0. The molecule has 1 amide bonds. The van der Waals surface area contributed by atoms with Crippen LogP contribution in [0.3, 0.4) is 0 Å². The first-order valence-corrected chi connectivity index (χ1v) is 5.20. The third-order valence-corrected chi connectivity index (χ3v) is 2.98.